The van der Waals surface area contributed by atoms with Crippen molar-refractivity contribution in [3.8, 4) is 0 Å². The van der Waals surface area contributed by atoms with Gasteiger partial charge in [0.05, 0.1) is 0 Å². The molecule has 0 unspecified atom stereocenters. The number of amides is 1. The Morgan fingerprint density at radius 2 is 1.95 bits per heavy atom. The van der Waals surface area contributed by atoms with Gasteiger partial charge < -0.3 is 10.5 Å². The molecule has 2 rings (SSSR count). The smallest absolute Gasteiger partial charge is 0.250 e. The number of rotatable bonds is 4. The Hall–Kier alpha value is -1.00. The van der Waals surface area contributed by atoms with E-state index in [1.807, 2.05) is 18.2 Å². The normalized spacial score (nSPS) is 29.3. The molecule has 0 heterocycles. The van der Waals surface area contributed by atoms with E-state index in [1.165, 1.54) is 0 Å². The van der Waals surface area contributed by atoms with Gasteiger partial charge in [-0.2, -0.15) is 0 Å². The first kappa shape index (κ1) is 17.4. The predicted molar refractivity (Wildman–Crippen MR) is 91.8 cm³/mol. The summed E-state index contributed by atoms with van der Waals surface area (Å²) in [5, 5.41) is 0.0513. The molecule has 0 aliphatic heterocycles. The molecule has 1 aliphatic rings. The van der Waals surface area contributed by atoms with E-state index in [1.54, 1.807) is 18.9 Å². The van der Waals surface area contributed by atoms with Crippen LogP contribution < -0.4 is 5.73 Å². The molecule has 1 fully saturated rings. The van der Waals surface area contributed by atoms with Gasteiger partial charge in [-0.05, 0) is 42.7 Å². The van der Waals surface area contributed by atoms with Crippen LogP contribution in [0.25, 0.3) is 0 Å². The van der Waals surface area contributed by atoms with Gasteiger partial charge in [-0.3, -0.25) is 4.79 Å². The van der Waals surface area contributed by atoms with Crippen molar-refractivity contribution in [2.45, 2.75) is 55.8 Å². The molecule has 0 radical (unpaired) electrons. The zero-order chi connectivity index (χ0) is 16.4. The molecule has 122 valence electrons. The second-order valence-corrected chi connectivity index (χ2v) is 8.49. The van der Waals surface area contributed by atoms with Gasteiger partial charge in [0.1, 0.15) is 0 Å². The summed E-state index contributed by atoms with van der Waals surface area (Å²) in [7, 11) is 1.61. The molecule has 0 aromatic heterocycles. The van der Waals surface area contributed by atoms with Crippen LogP contribution in [0.4, 0.5) is 0 Å². The molecule has 4 heteroatoms. The molecule has 1 aromatic carbocycles. The molecule has 1 amide bonds. The van der Waals surface area contributed by atoms with Crippen molar-refractivity contribution in [1.29, 1.82) is 0 Å². The number of hydrogen-bond acceptors (Lipinski definition) is 3. The van der Waals surface area contributed by atoms with Crippen LogP contribution in [0.5, 0.6) is 0 Å². The summed E-state index contributed by atoms with van der Waals surface area (Å²) in [6.45, 7) is 6.81. The first-order valence-corrected chi connectivity index (χ1v) is 8.74. The number of nitrogens with two attached hydrogens (primary N) is 1. The van der Waals surface area contributed by atoms with Gasteiger partial charge in [-0.25, -0.2) is 0 Å². The van der Waals surface area contributed by atoms with Crippen molar-refractivity contribution in [3.05, 3.63) is 30.3 Å². The Labute approximate surface area is 138 Å². The summed E-state index contributed by atoms with van der Waals surface area (Å²) in [6.07, 6.45) is 2.62. The minimum absolute atomic E-state index is 0.0513. The average Bonchev–Trinajstić information content (AvgIpc) is 2.47. The van der Waals surface area contributed by atoms with Gasteiger partial charge in [0.2, 0.25) is 0 Å². The molecule has 22 heavy (non-hydrogen) atoms. The Kier molecular flexibility index (Phi) is 5.23. The van der Waals surface area contributed by atoms with Crippen LogP contribution in [0.1, 0.15) is 40.0 Å². The maximum atomic E-state index is 12.1. The van der Waals surface area contributed by atoms with Gasteiger partial charge in [0.25, 0.3) is 5.91 Å². The van der Waals surface area contributed by atoms with E-state index in [-0.39, 0.29) is 16.6 Å². The summed E-state index contributed by atoms with van der Waals surface area (Å²) in [4.78, 5) is 13.3. The Bertz CT molecular complexity index is 512. The zero-order valence-corrected chi connectivity index (χ0v) is 14.8. The molecule has 3 nitrogen and oxygen atoms in total. The fraction of sp³-hybridized carbons (Fsp3) is 0.611. The standard InChI is InChI=1S/C18H27NO2S/c1-17(2,3)13-10-11-18(21-4,16(19)20)15(12-13)22-14-8-6-5-7-9-14/h5-9,13,15H,10-12H2,1-4H3,(H2,19,20)/t13-,15+,18-/m0/s1. The lowest BCUT2D eigenvalue weighted by Gasteiger charge is -2.46. The van der Waals surface area contributed by atoms with Crippen molar-refractivity contribution in [3.63, 3.8) is 0 Å². The molecular formula is C18H27NO2S. The van der Waals surface area contributed by atoms with Crippen molar-refractivity contribution in [2.24, 2.45) is 17.1 Å². The van der Waals surface area contributed by atoms with Crippen molar-refractivity contribution in [2.75, 3.05) is 7.11 Å². The molecule has 1 aliphatic carbocycles. The highest BCUT2D eigenvalue weighted by Crippen LogP contribution is 2.48. The highest BCUT2D eigenvalue weighted by molar-refractivity contribution is 8.00. The topological polar surface area (TPSA) is 52.3 Å². The largest absolute Gasteiger partial charge is 0.367 e. The quantitative estimate of drug-likeness (QED) is 0.916. The number of thioether (sulfide) groups is 1. The number of carbonyl (C=O) groups is 1. The van der Waals surface area contributed by atoms with Crippen LogP contribution in [-0.4, -0.2) is 23.9 Å². The first-order valence-electron chi connectivity index (χ1n) is 7.86. The lowest BCUT2D eigenvalue weighted by Crippen LogP contribution is -2.57. The molecule has 1 saturated carbocycles. The average molecular weight is 321 g/mol. The predicted octanol–water partition coefficient (Wildman–Crippen LogP) is 3.86. The minimum atomic E-state index is -0.859. The van der Waals surface area contributed by atoms with E-state index in [0.29, 0.717) is 12.3 Å². The summed E-state index contributed by atoms with van der Waals surface area (Å²) < 4.78 is 5.69. The molecule has 1 aromatic rings. The van der Waals surface area contributed by atoms with E-state index in [0.717, 1.165) is 17.7 Å². The fourth-order valence-electron chi connectivity index (χ4n) is 3.33. The molecule has 2 N–H and O–H groups in total. The van der Waals surface area contributed by atoms with Gasteiger partial charge in [0, 0.05) is 17.3 Å². The number of benzene rings is 1. The molecule has 0 bridgehead atoms. The van der Waals surface area contributed by atoms with Crippen LogP contribution in [0.3, 0.4) is 0 Å². The molecule has 3 atom stereocenters. The third-order valence-electron chi connectivity index (χ3n) is 4.91. The lowest BCUT2D eigenvalue weighted by molar-refractivity contribution is -0.145. The van der Waals surface area contributed by atoms with Crippen LogP contribution >= 0.6 is 11.8 Å². The van der Waals surface area contributed by atoms with Gasteiger partial charge in [-0.1, -0.05) is 39.0 Å². The molecular weight excluding hydrogens is 294 g/mol. The maximum Gasteiger partial charge on any atom is 0.250 e. The highest BCUT2D eigenvalue weighted by Gasteiger charge is 2.50. The minimum Gasteiger partial charge on any atom is -0.367 e. The lowest BCUT2D eigenvalue weighted by atomic mass is 9.68. The highest BCUT2D eigenvalue weighted by atomic mass is 32.2. The zero-order valence-electron chi connectivity index (χ0n) is 14.0. The third kappa shape index (κ3) is 3.49. The number of ether oxygens (including phenoxy) is 1. The van der Waals surface area contributed by atoms with Crippen LogP contribution in [0.2, 0.25) is 0 Å². The van der Waals surface area contributed by atoms with Crippen LogP contribution in [0.15, 0.2) is 35.2 Å². The molecule has 0 spiro atoms. The van der Waals surface area contributed by atoms with Crippen LogP contribution in [0, 0.1) is 11.3 Å². The fourth-order valence-corrected chi connectivity index (χ4v) is 4.82. The maximum absolute atomic E-state index is 12.1. The van der Waals surface area contributed by atoms with E-state index >= 15 is 0 Å². The van der Waals surface area contributed by atoms with Crippen molar-refractivity contribution < 1.29 is 9.53 Å². The second-order valence-electron chi connectivity index (χ2n) is 7.21. The van der Waals surface area contributed by atoms with Gasteiger partial charge in [0.15, 0.2) is 5.60 Å². The third-order valence-corrected chi connectivity index (χ3v) is 6.31. The number of methoxy groups -OCH3 is 1. The van der Waals surface area contributed by atoms with Crippen LogP contribution in [-0.2, 0) is 9.53 Å². The van der Waals surface area contributed by atoms with E-state index in [2.05, 4.69) is 32.9 Å². The summed E-state index contributed by atoms with van der Waals surface area (Å²) in [5.74, 6) is 0.229. The Morgan fingerprint density at radius 3 is 2.45 bits per heavy atom. The van der Waals surface area contributed by atoms with Crippen molar-refractivity contribution in [1.82, 2.24) is 0 Å². The van der Waals surface area contributed by atoms with Gasteiger partial charge >= 0.3 is 0 Å². The van der Waals surface area contributed by atoms with Crippen molar-refractivity contribution >= 4 is 17.7 Å². The summed E-state index contributed by atoms with van der Waals surface area (Å²) in [5.41, 5.74) is 5.10. The molecule has 0 saturated heterocycles. The Morgan fingerprint density at radius 1 is 1.32 bits per heavy atom. The monoisotopic (exact) mass is 321 g/mol. The number of primary amides is 1. The Balaban J connectivity index is 2.29. The van der Waals surface area contributed by atoms with Gasteiger partial charge in [-0.15, -0.1) is 11.8 Å². The van der Waals surface area contributed by atoms with E-state index in [4.69, 9.17) is 10.5 Å². The summed E-state index contributed by atoms with van der Waals surface area (Å²) >= 11 is 1.72. The second kappa shape index (κ2) is 6.63. The summed E-state index contributed by atoms with van der Waals surface area (Å²) in [6, 6.07) is 10.2. The number of hydrogen-bond donors (Lipinski definition) is 1. The number of carbonyl (C=O) groups excluding carboxylic acids is 1. The first-order chi connectivity index (χ1) is 10.3. The SMILES string of the molecule is CO[C@@]1(C(N)=O)CC[C@H](C(C)(C)C)C[C@H]1Sc1ccccc1. The van der Waals surface area contributed by atoms with E-state index in [9.17, 15) is 4.79 Å². The van der Waals surface area contributed by atoms with E-state index < -0.39 is 5.60 Å².